The molecule has 1 rings (SSSR count). The minimum atomic E-state index is 0.853. The number of aromatic nitrogens is 2. The van der Waals surface area contributed by atoms with Crippen LogP contribution in [0, 0.1) is 0 Å². The Bertz CT molecular complexity index is 376. The monoisotopic (exact) mass is 286 g/mol. The highest BCUT2D eigenvalue weighted by molar-refractivity contribution is 6.31. The standard InChI is InChI=1S/C14H27ClN4/c1-5-12-14(15)13(19(8-4)17-12)11-18(7-3)10-9-16-6-2/h16H,5-11H2,1-4H3. The lowest BCUT2D eigenvalue weighted by molar-refractivity contribution is 0.271. The normalized spacial score (nSPS) is 11.5. The maximum atomic E-state index is 6.45. The van der Waals surface area contributed by atoms with Gasteiger partial charge in [0, 0.05) is 26.2 Å². The maximum Gasteiger partial charge on any atom is 0.0863 e. The topological polar surface area (TPSA) is 33.1 Å². The first-order chi connectivity index (χ1) is 9.17. The molecule has 0 bridgehead atoms. The van der Waals surface area contributed by atoms with Crippen molar-refractivity contribution < 1.29 is 0 Å². The molecule has 19 heavy (non-hydrogen) atoms. The Kier molecular flexibility index (Phi) is 7.42. The fraction of sp³-hybridized carbons (Fsp3) is 0.786. The van der Waals surface area contributed by atoms with Gasteiger partial charge in [0.2, 0.25) is 0 Å². The summed E-state index contributed by atoms with van der Waals surface area (Å²) in [6, 6.07) is 0. The SMILES string of the molecule is CCNCCN(CC)Cc1c(Cl)c(CC)nn1CC. The average molecular weight is 287 g/mol. The lowest BCUT2D eigenvalue weighted by Crippen LogP contribution is -2.32. The van der Waals surface area contributed by atoms with E-state index in [0.717, 1.165) is 62.1 Å². The van der Waals surface area contributed by atoms with Gasteiger partial charge in [0.25, 0.3) is 0 Å². The number of nitrogens with one attached hydrogen (secondary N) is 1. The van der Waals surface area contributed by atoms with Crippen molar-refractivity contribution >= 4 is 11.6 Å². The van der Waals surface area contributed by atoms with Gasteiger partial charge in [-0.05, 0) is 26.4 Å². The lowest BCUT2D eigenvalue weighted by Gasteiger charge is -2.21. The summed E-state index contributed by atoms with van der Waals surface area (Å²) < 4.78 is 2.04. The van der Waals surface area contributed by atoms with Gasteiger partial charge in [-0.15, -0.1) is 0 Å². The van der Waals surface area contributed by atoms with Crippen molar-refractivity contribution in [1.29, 1.82) is 0 Å². The molecule has 4 nitrogen and oxygen atoms in total. The van der Waals surface area contributed by atoms with Gasteiger partial charge in [-0.2, -0.15) is 5.10 Å². The summed E-state index contributed by atoms with van der Waals surface area (Å²) in [5.74, 6) is 0. The molecule has 0 saturated carbocycles. The van der Waals surface area contributed by atoms with E-state index in [-0.39, 0.29) is 0 Å². The Labute approximate surface area is 122 Å². The van der Waals surface area contributed by atoms with E-state index in [2.05, 4.69) is 43.0 Å². The molecule has 0 unspecified atom stereocenters. The molecule has 0 fully saturated rings. The molecule has 5 heteroatoms. The predicted molar refractivity (Wildman–Crippen MR) is 81.8 cm³/mol. The second-order valence-electron chi connectivity index (χ2n) is 4.60. The zero-order valence-electron chi connectivity index (χ0n) is 12.7. The van der Waals surface area contributed by atoms with Crippen molar-refractivity contribution in [2.24, 2.45) is 0 Å². The van der Waals surface area contributed by atoms with Gasteiger partial charge < -0.3 is 5.32 Å². The number of halogens is 1. The quantitative estimate of drug-likeness (QED) is 0.708. The molecule has 0 spiro atoms. The molecule has 0 aliphatic heterocycles. The Balaban J connectivity index is 2.75. The van der Waals surface area contributed by atoms with E-state index in [4.69, 9.17) is 11.6 Å². The van der Waals surface area contributed by atoms with Gasteiger partial charge in [-0.1, -0.05) is 32.4 Å². The highest BCUT2D eigenvalue weighted by atomic mass is 35.5. The third-order valence-electron chi connectivity index (χ3n) is 3.37. The van der Waals surface area contributed by atoms with Crippen LogP contribution in [0.25, 0.3) is 0 Å². The summed E-state index contributed by atoms with van der Waals surface area (Å²) in [5, 5.41) is 8.79. The number of hydrogen-bond donors (Lipinski definition) is 1. The largest absolute Gasteiger partial charge is 0.316 e. The molecule has 0 radical (unpaired) electrons. The van der Waals surface area contributed by atoms with Crippen molar-refractivity contribution in [1.82, 2.24) is 20.0 Å². The zero-order chi connectivity index (χ0) is 14.3. The third-order valence-corrected chi connectivity index (χ3v) is 3.81. The van der Waals surface area contributed by atoms with Crippen LogP contribution >= 0.6 is 11.6 Å². The summed E-state index contributed by atoms with van der Waals surface area (Å²) >= 11 is 6.45. The predicted octanol–water partition coefficient (Wildman–Crippen LogP) is 2.55. The summed E-state index contributed by atoms with van der Waals surface area (Å²) in [5.41, 5.74) is 2.17. The van der Waals surface area contributed by atoms with Crippen molar-refractivity contribution in [3.05, 3.63) is 16.4 Å². The molecular formula is C14H27ClN4. The fourth-order valence-electron chi connectivity index (χ4n) is 2.14. The second-order valence-corrected chi connectivity index (χ2v) is 4.98. The number of rotatable bonds is 9. The Morgan fingerprint density at radius 1 is 1.26 bits per heavy atom. The molecule has 0 atom stereocenters. The van der Waals surface area contributed by atoms with Crippen LogP contribution in [0.5, 0.6) is 0 Å². The second kappa shape index (κ2) is 8.56. The Morgan fingerprint density at radius 2 is 2.00 bits per heavy atom. The fourth-order valence-corrected chi connectivity index (χ4v) is 2.47. The summed E-state index contributed by atoms with van der Waals surface area (Å²) in [6.45, 7) is 14.4. The van der Waals surface area contributed by atoms with Crippen LogP contribution in [0.2, 0.25) is 5.02 Å². The van der Waals surface area contributed by atoms with Crippen LogP contribution in [-0.2, 0) is 19.5 Å². The number of hydrogen-bond acceptors (Lipinski definition) is 3. The highest BCUT2D eigenvalue weighted by Crippen LogP contribution is 2.22. The Hall–Kier alpha value is -0.580. The van der Waals surface area contributed by atoms with Gasteiger partial charge in [-0.3, -0.25) is 9.58 Å². The molecule has 0 saturated heterocycles. The van der Waals surface area contributed by atoms with Gasteiger partial charge in [0.15, 0.2) is 0 Å². The summed E-state index contributed by atoms with van der Waals surface area (Å²) in [4.78, 5) is 2.40. The Morgan fingerprint density at radius 3 is 2.53 bits per heavy atom. The van der Waals surface area contributed by atoms with Crippen LogP contribution in [-0.4, -0.2) is 40.9 Å². The van der Waals surface area contributed by atoms with E-state index in [1.807, 2.05) is 4.68 Å². The van der Waals surface area contributed by atoms with Gasteiger partial charge in [-0.25, -0.2) is 0 Å². The lowest BCUT2D eigenvalue weighted by atomic mass is 10.3. The van der Waals surface area contributed by atoms with Gasteiger partial charge in [0.05, 0.1) is 16.4 Å². The van der Waals surface area contributed by atoms with Crippen molar-refractivity contribution in [3.63, 3.8) is 0 Å². The molecule has 0 amide bonds. The molecule has 1 aromatic rings. The molecule has 1 N–H and O–H groups in total. The molecule has 110 valence electrons. The molecule has 0 aromatic carbocycles. The zero-order valence-corrected chi connectivity index (χ0v) is 13.4. The van der Waals surface area contributed by atoms with E-state index in [9.17, 15) is 0 Å². The number of likely N-dealkylation sites (N-methyl/N-ethyl adjacent to an activating group) is 2. The first kappa shape index (κ1) is 16.5. The number of nitrogens with zero attached hydrogens (tertiary/aromatic N) is 3. The molecule has 0 aliphatic carbocycles. The average Bonchev–Trinajstić information content (AvgIpc) is 2.74. The minimum Gasteiger partial charge on any atom is -0.316 e. The number of aryl methyl sites for hydroxylation is 2. The van der Waals surface area contributed by atoms with E-state index in [0.29, 0.717) is 0 Å². The summed E-state index contributed by atoms with van der Waals surface area (Å²) in [6.07, 6.45) is 0.891. The van der Waals surface area contributed by atoms with E-state index >= 15 is 0 Å². The molecule has 1 heterocycles. The van der Waals surface area contributed by atoms with Crippen molar-refractivity contribution in [2.75, 3.05) is 26.2 Å². The highest BCUT2D eigenvalue weighted by Gasteiger charge is 2.16. The van der Waals surface area contributed by atoms with Crippen LogP contribution < -0.4 is 5.32 Å². The van der Waals surface area contributed by atoms with Crippen LogP contribution in [0.15, 0.2) is 0 Å². The first-order valence-corrected chi connectivity index (χ1v) is 7.72. The van der Waals surface area contributed by atoms with Crippen molar-refractivity contribution in [3.8, 4) is 0 Å². The molecule has 1 aromatic heterocycles. The van der Waals surface area contributed by atoms with E-state index < -0.39 is 0 Å². The van der Waals surface area contributed by atoms with E-state index in [1.54, 1.807) is 0 Å². The van der Waals surface area contributed by atoms with Crippen LogP contribution in [0.3, 0.4) is 0 Å². The van der Waals surface area contributed by atoms with Crippen LogP contribution in [0.1, 0.15) is 39.1 Å². The van der Waals surface area contributed by atoms with Gasteiger partial charge >= 0.3 is 0 Å². The van der Waals surface area contributed by atoms with Crippen molar-refractivity contribution in [2.45, 2.75) is 47.2 Å². The minimum absolute atomic E-state index is 0.853. The third kappa shape index (κ3) is 4.48. The van der Waals surface area contributed by atoms with E-state index in [1.165, 1.54) is 0 Å². The van der Waals surface area contributed by atoms with Crippen LogP contribution in [0.4, 0.5) is 0 Å². The first-order valence-electron chi connectivity index (χ1n) is 7.34. The molecular weight excluding hydrogens is 260 g/mol. The smallest absolute Gasteiger partial charge is 0.0863 e. The molecule has 0 aliphatic rings. The summed E-state index contributed by atoms with van der Waals surface area (Å²) in [7, 11) is 0. The van der Waals surface area contributed by atoms with Gasteiger partial charge in [0.1, 0.15) is 0 Å². The maximum absolute atomic E-state index is 6.45.